The number of hydrogen-bond donors (Lipinski definition) is 0. The van der Waals surface area contributed by atoms with Crippen LogP contribution < -0.4 is 4.74 Å². The third kappa shape index (κ3) is 2.56. The van der Waals surface area contributed by atoms with E-state index in [1.807, 2.05) is 12.3 Å². The SMILES string of the molecule is COc1cccc(C(=O)Cc2nc(C)cs2)c1F. The van der Waals surface area contributed by atoms with Crippen molar-refractivity contribution >= 4 is 17.1 Å². The van der Waals surface area contributed by atoms with E-state index in [1.165, 1.54) is 30.6 Å². The Balaban J connectivity index is 2.24. The maximum atomic E-state index is 13.9. The summed E-state index contributed by atoms with van der Waals surface area (Å²) in [5.74, 6) is -0.824. The van der Waals surface area contributed by atoms with E-state index in [0.29, 0.717) is 5.01 Å². The number of carbonyl (C=O) groups is 1. The van der Waals surface area contributed by atoms with Gasteiger partial charge in [-0.25, -0.2) is 9.37 Å². The van der Waals surface area contributed by atoms with Gasteiger partial charge in [-0.15, -0.1) is 11.3 Å². The molecule has 2 aromatic rings. The molecule has 18 heavy (non-hydrogen) atoms. The van der Waals surface area contributed by atoms with Crippen LogP contribution in [0.15, 0.2) is 23.6 Å². The minimum atomic E-state index is -0.613. The molecule has 0 saturated heterocycles. The summed E-state index contributed by atoms with van der Waals surface area (Å²) < 4.78 is 18.7. The standard InChI is InChI=1S/C13H12FNO2S/c1-8-7-18-12(15-8)6-10(16)9-4-3-5-11(17-2)13(9)14/h3-5,7H,6H2,1-2H3. The van der Waals surface area contributed by atoms with Gasteiger partial charge in [0.2, 0.25) is 0 Å². The number of benzene rings is 1. The molecule has 2 rings (SSSR count). The molecule has 0 atom stereocenters. The highest BCUT2D eigenvalue weighted by atomic mass is 32.1. The number of thiazole rings is 1. The van der Waals surface area contributed by atoms with Crippen LogP contribution in [0, 0.1) is 12.7 Å². The van der Waals surface area contributed by atoms with Gasteiger partial charge in [0.1, 0.15) is 5.01 Å². The minimum absolute atomic E-state index is 0.0437. The van der Waals surface area contributed by atoms with Crippen LogP contribution in [0.5, 0.6) is 5.75 Å². The summed E-state index contributed by atoms with van der Waals surface area (Å²) in [5.41, 5.74) is 0.913. The fraction of sp³-hybridized carbons (Fsp3) is 0.231. The zero-order valence-electron chi connectivity index (χ0n) is 10.1. The van der Waals surface area contributed by atoms with Gasteiger partial charge in [-0.2, -0.15) is 0 Å². The summed E-state index contributed by atoms with van der Waals surface area (Å²) in [6.07, 6.45) is 0.114. The molecule has 1 heterocycles. The van der Waals surface area contributed by atoms with E-state index in [-0.39, 0.29) is 23.5 Å². The second kappa shape index (κ2) is 5.27. The molecule has 0 saturated carbocycles. The van der Waals surface area contributed by atoms with Crippen LogP contribution in [0.2, 0.25) is 0 Å². The number of rotatable bonds is 4. The fourth-order valence-corrected chi connectivity index (χ4v) is 2.37. The number of ketones is 1. The zero-order chi connectivity index (χ0) is 13.1. The molecule has 94 valence electrons. The average Bonchev–Trinajstić information content (AvgIpc) is 2.75. The Morgan fingerprint density at radius 1 is 1.50 bits per heavy atom. The van der Waals surface area contributed by atoms with E-state index in [2.05, 4.69) is 4.98 Å². The summed E-state index contributed by atoms with van der Waals surface area (Å²) in [7, 11) is 1.37. The molecule has 0 aliphatic heterocycles. The molecule has 0 aliphatic carbocycles. The highest BCUT2D eigenvalue weighted by Crippen LogP contribution is 2.22. The first-order chi connectivity index (χ1) is 8.61. The Morgan fingerprint density at radius 3 is 2.89 bits per heavy atom. The van der Waals surface area contributed by atoms with Gasteiger partial charge in [-0.05, 0) is 19.1 Å². The van der Waals surface area contributed by atoms with Crippen LogP contribution in [-0.2, 0) is 6.42 Å². The molecule has 0 unspecified atom stereocenters. The molecule has 0 radical (unpaired) electrons. The molecule has 0 fully saturated rings. The molecule has 0 N–H and O–H groups in total. The summed E-state index contributed by atoms with van der Waals surface area (Å²) >= 11 is 1.40. The number of hydrogen-bond acceptors (Lipinski definition) is 4. The molecule has 0 aliphatic rings. The van der Waals surface area contributed by atoms with Gasteiger partial charge in [0.25, 0.3) is 0 Å². The van der Waals surface area contributed by atoms with E-state index >= 15 is 0 Å². The third-order valence-electron chi connectivity index (χ3n) is 2.46. The summed E-state index contributed by atoms with van der Waals surface area (Å²) in [6.45, 7) is 1.86. The van der Waals surface area contributed by atoms with E-state index in [0.717, 1.165) is 5.69 Å². The molecule has 0 bridgehead atoms. The van der Waals surface area contributed by atoms with Crippen LogP contribution in [0.4, 0.5) is 4.39 Å². The normalized spacial score (nSPS) is 10.4. The van der Waals surface area contributed by atoms with Gasteiger partial charge in [-0.1, -0.05) is 6.07 Å². The van der Waals surface area contributed by atoms with Crippen molar-refractivity contribution in [1.29, 1.82) is 0 Å². The Morgan fingerprint density at radius 2 is 2.28 bits per heavy atom. The minimum Gasteiger partial charge on any atom is -0.494 e. The third-order valence-corrected chi connectivity index (χ3v) is 3.43. The summed E-state index contributed by atoms with van der Waals surface area (Å²) in [4.78, 5) is 16.2. The predicted molar refractivity (Wildman–Crippen MR) is 67.8 cm³/mol. The monoisotopic (exact) mass is 265 g/mol. The lowest BCUT2D eigenvalue weighted by Gasteiger charge is -2.05. The van der Waals surface area contributed by atoms with Gasteiger partial charge in [0, 0.05) is 11.1 Å². The van der Waals surface area contributed by atoms with Gasteiger partial charge in [0.05, 0.1) is 19.1 Å². The number of halogens is 1. The van der Waals surface area contributed by atoms with E-state index < -0.39 is 5.82 Å². The van der Waals surface area contributed by atoms with Crippen molar-refractivity contribution in [3.63, 3.8) is 0 Å². The van der Waals surface area contributed by atoms with Gasteiger partial charge >= 0.3 is 0 Å². The Hall–Kier alpha value is -1.75. The van der Waals surface area contributed by atoms with Crippen molar-refractivity contribution in [2.24, 2.45) is 0 Å². The molecular formula is C13H12FNO2S. The maximum Gasteiger partial charge on any atom is 0.175 e. The van der Waals surface area contributed by atoms with Crippen LogP contribution in [-0.4, -0.2) is 17.9 Å². The topological polar surface area (TPSA) is 39.2 Å². The smallest absolute Gasteiger partial charge is 0.175 e. The molecule has 3 nitrogen and oxygen atoms in total. The van der Waals surface area contributed by atoms with Gasteiger partial charge in [-0.3, -0.25) is 4.79 Å². The molecule has 5 heteroatoms. The molecular weight excluding hydrogens is 253 g/mol. The molecule has 0 amide bonds. The van der Waals surface area contributed by atoms with Crippen LogP contribution in [0.3, 0.4) is 0 Å². The van der Waals surface area contributed by atoms with Crippen molar-refractivity contribution in [2.45, 2.75) is 13.3 Å². The van der Waals surface area contributed by atoms with Gasteiger partial charge < -0.3 is 4.74 Å². The summed E-state index contributed by atoms with van der Waals surface area (Å²) in [6, 6.07) is 4.54. The van der Waals surface area contributed by atoms with Crippen LogP contribution in [0.25, 0.3) is 0 Å². The second-order valence-electron chi connectivity index (χ2n) is 3.80. The van der Waals surface area contributed by atoms with Crippen molar-refractivity contribution < 1.29 is 13.9 Å². The number of Topliss-reactive ketones (excluding diaryl/α,β-unsaturated/α-hetero) is 1. The number of methoxy groups -OCH3 is 1. The van der Waals surface area contributed by atoms with Crippen molar-refractivity contribution in [1.82, 2.24) is 4.98 Å². The van der Waals surface area contributed by atoms with Gasteiger partial charge in [0.15, 0.2) is 17.3 Å². The van der Waals surface area contributed by atoms with Crippen molar-refractivity contribution in [3.8, 4) is 5.75 Å². The van der Waals surface area contributed by atoms with Crippen LogP contribution >= 0.6 is 11.3 Å². The first kappa shape index (κ1) is 12.7. The number of carbonyl (C=O) groups excluding carboxylic acids is 1. The maximum absolute atomic E-state index is 13.9. The van der Waals surface area contributed by atoms with Crippen molar-refractivity contribution in [3.05, 3.63) is 45.7 Å². The highest BCUT2D eigenvalue weighted by molar-refractivity contribution is 7.09. The lowest BCUT2D eigenvalue weighted by Crippen LogP contribution is -2.07. The first-order valence-corrected chi connectivity index (χ1v) is 6.26. The fourth-order valence-electron chi connectivity index (χ4n) is 1.60. The number of nitrogens with zero attached hydrogens (tertiary/aromatic N) is 1. The second-order valence-corrected chi connectivity index (χ2v) is 4.75. The Labute approximate surface area is 108 Å². The Kier molecular flexibility index (Phi) is 3.72. The number of aryl methyl sites for hydroxylation is 1. The van der Waals surface area contributed by atoms with E-state index in [9.17, 15) is 9.18 Å². The quantitative estimate of drug-likeness (QED) is 0.798. The highest BCUT2D eigenvalue weighted by Gasteiger charge is 2.16. The Bertz CT molecular complexity index is 580. The number of ether oxygens (including phenoxy) is 1. The largest absolute Gasteiger partial charge is 0.494 e. The lowest BCUT2D eigenvalue weighted by molar-refractivity contribution is 0.0988. The van der Waals surface area contributed by atoms with Crippen LogP contribution in [0.1, 0.15) is 21.1 Å². The van der Waals surface area contributed by atoms with Crippen molar-refractivity contribution in [2.75, 3.05) is 7.11 Å². The van der Waals surface area contributed by atoms with E-state index in [1.54, 1.807) is 6.07 Å². The predicted octanol–water partition coefficient (Wildman–Crippen LogP) is 3.02. The molecule has 1 aromatic heterocycles. The first-order valence-electron chi connectivity index (χ1n) is 5.38. The zero-order valence-corrected chi connectivity index (χ0v) is 10.9. The number of aromatic nitrogens is 1. The molecule has 1 aromatic carbocycles. The average molecular weight is 265 g/mol. The lowest BCUT2D eigenvalue weighted by atomic mass is 10.1. The summed E-state index contributed by atoms with van der Waals surface area (Å²) in [5, 5.41) is 2.56. The van der Waals surface area contributed by atoms with E-state index in [4.69, 9.17) is 4.74 Å². The molecule has 0 spiro atoms.